The number of amides is 2. The molecule has 1 aromatic heterocycles. The van der Waals surface area contributed by atoms with Crippen LogP contribution in [-0.2, 0) is 11.3 Å². The van der Waals surface area contributed by atoms with Crippen LogP contribution < -0.4 is 20.2 Å². The summed E-state index contributed by atoms with van der Waals surface area (Å²) in [5.74, 6) is 0.337. The first-order valence-corrected chi connectivity index (χ1v) is 11.3. The number of hydrogen-bond acceptors (Lipinski definition) is 5. The summed E-state index contributed by atoms with van der Waals surface area (Å²) in [4.78, 5) is 25.1. The zero-order valence-electron chi connectivity index (χ0n) is 20.2. The third-order valence-corrected chi connectivity index (χ3v) is 5.75. The molecule has 0 aliphatic heterocycles. The molecule has 2 N–H and O–H groups in total. The van der Waals surface area contributed by atoms with Crippen molar-refractivity contribution in [2.45, 2.75) is 26.8 Å². The summed E-state index contributed by atoms with van der Waals surface area (Å²) >= 11 is 0. The molecule has 1 heterocycles. The first kappa shape index (κ1) is 23.8. The number of benzene rings is 3. The summed E-state index contributed by atoms with van der Waals surface area (Å²) in [6.45, 7) is 4.66. The number of para-hydroxylation sites is 1. The number of hydrazone groups is 1. The molecule has 0 saturated carbocycles. The van der Waals surface area contributed by atoms with Crippen LogP contribution in [0.5, 0.6) is 11.5 Å². The van der Waals surface area contributed by atoms with Crippen LogP contribution in [0, 0.1) is 0 Å². The fourth-order valence-corrected chi connectivity index (χ4v) is 4.10. The Kier molecular flexibility index (Phi) is 7.01. The summed E-state index contributed by atoms with van der Waals surface area (Å²) in [6.07, 6.45) is 0.0382. The summed E-state index contributed by atoms with van der Waals surface area (Å²) in [5.41, 5.74) is 6.28. The lowest BCUT2D eigenvalue weighted by Gasteiger charge is -2.08. The van der Waals surface area contributed by atoms with Gasteiger partial charge in [0.15, 0.2) is 0 Å². The molecule has 0 bridgehead atoms. The van der Waals surface area contributed by atoms with E-state index in [0.29, 0.717) is 28.5 Å². The van der Waals surface area contributed by atoms with Gasteiger partial charge in [0.25, 0.3) is 5.91 Å². The standard InChI is InChI=1S/C27H28N4O4/c1-5-31-24-9-7-6-8-22(24)23-15-19(10-11-25(23)31)28-26(32)12-17(2)29-30-27(33)18-13-20(34-3)16-21(14-18)35-4/h6-11,13-16H,5,12H2,1-4H3,(H,28,32)(H,30,33)/b29-17-. The van der Waals surface area contributed by atoms with Crippen molar-refractivity contribution < 1.29 is 19.1 Å². The van der Waals surface area contributed by atoms with Crippen molar-refractivity contribution in [3.05, 3.63) is 66.2 Å². The quantitative estimate of drug-likeness (QED) is 0.280. The maximum atomic E-state index is 12.6. The summed E-state index contributed by atoms with van der Waals surface area (Å²) < 4.78 is 12.6. The normalized spacial score (nSPS) is 11.5. The number of nitrogens with one attached hydrogen (secondary N) is 2. The maximum absolute atomic E-state index is 12.6. The van der Waals surface area contributed by atoms with Crippen LogP contribution in [0.3, 0.4) is 0 Å². The number of carbonyl (C=O) groups is 2. The van der Waals surface area contributed by atoms with Crippen molar-refractivity contribution in [3.8, 4) is 11.5 Å². The van der Waals surface area contributed by atoms with Crippen molar-refractivity contribution in [3.63, 3.8) is 0 Å². The van der Waals surface area contributed by atoms with Crippen molar-refractivity contribution in [1.82, 2.24) is 9.99 Å². The second-order valence-corrected chi connectivity index (χ2v) is 8.11. The molecule has 0 radical (unpaired) electrons. The van der Waals surface area contributed by atoms with Gasteiger partial charge in [0, 0.05) is 51.4 Å². The van der Waals surface area contributed by atoms with E-state index < -0.39 is 5.91 Å². The molecule has 0 fully saturated rings. The third-order valence-electron chi connectivity index (χ3n) is 5.75. The predicted molar refractivity (Wildman–Crippen MR) is 138 cm³/mol. The van der Waals surface area contributed by atoms with Crippen LogP contribution in [-0.4, -0.2) is 36.3 Å². The van der Waals surface area contributed by atoms with E-state index in [1.165, 1.54) is 19.7 Å². The SMILES string of the molecule is CCn1c2ccccc2c2cc(NC(=O)C/C(C)=N\NC(=O)c3cc(OC)cc(OC)c3)ccc21. The average molecular weight is 473 g/mol. The molecule has 0 atom stereocenters. The molecule has 4 aromatic rings. The number of ether oxygens (including phenoxy) is 2. The number of nitrogens with zero attached hydrogens (tertiary/aromatic N) is 2. The number of methoxy groups -OCH3 is 2. The van der Waals surface area contributed by atoms with Crippen LogP contribution in [0.25, 0.3) is 21.8 Å². The second-order valence-electron chi connectivity index (χ2n) is 8.11. The molecule has 8 heteroatoms. The van der Waals surface area contributed by atoms with Gasteiger partial charge in [-0.2, -0.15) is 5.10 Å². The summed E-state index contributed by atoms with van der Waals surface area (Å²) in [7, 11) is 3.02. The Labute approximate surface area is 203 Å². The monoisotopic (exact) mass is 472 g/mol. The first-order valence-electron chi connectivity index (χ1n) is 11.3. The van der Waals surface area contributed by atoms with E-state index in [1.807, 2.05) is 30.3 Å². The Bertz CT molecular complexity index is 1420. The van der Waals surface area contributed by atoms with Crippen LogP contribution >= 0.6 is 0 Å². The summed E-state index contributed by atoms with van der Waals surface area (Å²) in [6, 6.07) is 19.0. The minimum atomic E-state index is -0.431. The molecule has 0 spiro atoms. The Morgan fingerprint density at radius 1 is 0.914 bits per heavy atom. The van der Waals surface area contributed by atoms with E-state index in [1.54, 1.807) is 25.1 Å². The number of rotatable bonds is 8. The molecule has 180 valence electrons. The van der Waals surface area contributed by atoms with E-state index in [2.05, 4.69) is 39.5 Å². The lowest BCUT2D eigenvalue weighted by molar-refractivity contribution is -0.115. The zero-order chi connectivity index (χ0) is 24.9. The highest BCUT2D eigenvalue weighted by molar-refractivity contribution is 6.11. The van der Waals surface area contributed by atoms with Crippen LogP contribution in [0.2, 0.25) is 0 Å². The van der Waals surface area contributed by atoms with E-state index in [0.717, 1.165) is 22.8 Å². The molecule has 35 heavy (non-hydrogen) atoms. The molecular weight excluding hydrogens is 444 g/mol. The van der Waals surface area contributed by atoms with Gasteiger partial charge in [0.1, 0.15) is 11.5 Å². The minimum Gasteiger partial charge on any atom is -0.497 e. The van der Waals surface area contributed by atoms with Gasteiger partial charge in [-0.25, -0.2) is 5.43 Å². The molecule has 0 aliphatic carbocycles. The highest BCUT2D eigenvalue weighted by Gasteiger charge is 2.12. The van der Waals surface area contributed by atoms with Crippen molar-refractivity contribution in [1.29, 1.82) is 0 Å². The Morgan fingerprint density at radius 2 is 1.60 bits per heavy atom. The lowest BCUT2D eigenvalue weighted by Crippen LogP contribution is -2.21. The van der Waals surface area contributed by atoms with Gasteiger partial charge >= 0.3 is 0 Å². The van der Waals surface area contributed by atoms with E-state index in [9.17, 15) is 9.59 Å². The highest BCUT2D eigenvalue weighted by Crippen LogP contribution is 2.31. The van der Waals surface area contributed by atoms with Crippen LogP contribution in [0.1, 0.15) is 30.6 Å². The molecule has 0 unspecified atom stereocenters. The largest absolute Gasteiger partial charge is 0.497 e. The van der Waals surface area contributed by atoms with Gasteiger partial charge in [0.05, 0.1) is 20.6 Å². The van der Waals surface area contributed by atoms with Crippen molar-refractivity contribution in [2.24, 2.45) is 5.10 Å². The Hall–Kier alpha value is -4.33. The average Bonchev–Trinajstić information content (AvgIpc) is 3.19. The number of fused-ring (bicyclic) bond motifs is 3. The van der Waals surface area contributed by atoms with Gasteiger partial charge in [-0.3, -0.25) is 9.59 Å². The van der Waals surface area contributed by atoms with Crippen LogP contribution in [0.15, 0.2) is 65.8 Å². The molecule has 8 nitrogen and oxygen atoms in total. The topological polar surface area (TPSA) is 94.0 Å². The van der Waals surface area contributed by atoms with Crippen molar-refractivity contribution >= 4 is 45.0 Å². The zero-order valence-corrected chi connectivity index (χ0v) is 20.2. The number of aryl methyl sites for hydroxylation is 1. The van der Waals surface area contributed by atoms with Crippen molar-refractivity contribution in [2.75, 3.05) is 19.5 Å². The fraction of sp³-hybridized carbons (Fsp3) is 0.222. The van der Waals surface area contributed by atoms with Crippen LogP contribution in [0.4, 0.5) is 5.69 Å². The van der Waals surface area contributed by atoms with E-state index in [-0.39, 0.29) is 12.3 Å². The smallest absolute Gasteiger partial charge is 0.271 e. The first-order chi connectivity index (χ1) is 16.9. The number of hydrogen-bond donors (Lipinski definition) is 2. The number of carbonyl (C=O) groups excluding carboxylic acids is 2. The lowest BCUT2D eigenvalue weighted by atomic mass is 10.1. The second kappa shape index (κ2) is 10.3. The molecule has 4 rings (SSSR count). The van der Waals surface area contributed by atoms with Gasteiger partial charge < -0.3 is 19.4 Å². The van der Waals surface area contributed by atoms with Gasteiger partial charge in [-0.1, -0.05) is 18.2 Å². The van der Waals surface area contributed by atoms with Gasteiger partial charge in [-0.05, 0) is 50.2 Å². The van der Waals surface area contributed by atoms with Gasteiger partial charge in [0.2, 0.25) is 5.91 Å². The Balaban J connectivity index is 1.43. The molecule has 0 saturated heterocycles. The Morgan fingerprint density at radius 3 is 2.29 bits per heavy atom. The fourth-order valence-electron chi connectivity index (χ4n) is 4.10. The molecular formula is C27H28N4O4. The molecule has 0 aliphatic rings. The number of anilines is 1. The molecule has 2 amide bonds. The summed E-state index contributed by atoms with van der Waals surface area (Å²) in [5, 5.41) is 9.24. The number of aromatic nitrogens is 1. The predicted octanol–water partition coefficient (Wildman–Crippen LogP) is 4.97. The van der Waals surface area contributed by atoms with E-state index in [4.69, 9.17) is 9.47 Å². The third kappa shape index (κ3) is 5.11. The minimum absolute atomic E-state index is 0.0382. The molecule has 3 aromatic carbocycles. The van der Waals surface area contributed by atoms with E-state index >= 15 is 0 Å². The highest BCUT2D eigenvalue weighted by atomic mass is 16.5. The maximum Gasteiger partial charge on any atom is 0.271 e. The van der Waals surface area contributed by atoms with Gasteiger partial charge in [-0.15, -0.1) is 0 Å².